The lowest BCUT2D eigenvalue weighted by Gasteiger charge is -2.07. The summed E-state index contributed by atoms with van der Waals surface area (Å²) in [7, 11) is 1.55. The monoisotopic (exact) mass is 347 g/mol. The minimum atomic E-state index is -0.311. The first kappa shape index (κ1) is 16.0. The van der Waals surface area contributed by atoms with E-state index in [1.54, 1.807) is 37.6 Å². The van der Waals surface area contributed by atoms with Gasteiger partial charge in [-0.05, 0) is 48.6 Å². The molecule has 0 amide bonds. The van der Waals surface area contributed by atoms with Crippen molar-refractivity contribution in [2.45, 2.75) is 0 Å². The van der Waals surface area contributed by atoms with Crippen LogP contribution >= 0.6 is 12.2 Å². The van der Waals surface area contributed by atoms with Gasteiger partial charge in [-0.15, -0.1) is 0 Å². The van der Waals surface area contributed by atoms with E-state index in [1.165, 1.54) is 12.1 Å². The number of rotatable bonds is 4. The molecule has 0 fully saturated rings. The van der Waals surface area contributed by atoms with Crippen LogP contribution in [0, 0.1) is 5.82 Å². The summed E-state index contributed by atoms with van der Waals surface area (Å²) in [6, 6.07) is 9.40. The Labute approximate surface area is 143 Å². The van der Waals surface area contributed by atoms with E-state index in [1.807, 2.05) is 0 Å². The average molecular weight is 347 g/mol. The van der Waals surface area contributed by atoms with Crippen molar-refractivity contribution in [3.63, 3.8) is 0 Å². The molecule has 0 unspecified atom stereocenters. The zero-order chi connectivity index (χ0) is 16.9. The maximum atomic E-state index is 12.8. The molecule has 0 aromatic heterocycles. The first-order valence-corrected chi connectivity index (χ1v) is 7.40. The lowest BCUT2D eigenvalue weighted by atomic mass is 10.2. The zero-order valence-electron chi connectivity index (χ0n) is 12.7. The van der Waals surface area contributed by atoms with Crippen LogP contribution in [0.1, 0.15) is 5.56 Å². The predicted octanol–water partition coefficient (Wildman–Crippen LogP) is 2.88. The van der Waals surface area contributed by atoms with Crippen molar-refractivity contribution in [3.05, 3.63) is 47.8 Å². The number of nitrogens with zero attached hydrogens (tertiary/aromatic N) is 1. The van der Waals surface area contributed by atoms with Gasteiger partial charge in [0, 0.05) is 11.3 Å². The number of hydrazone groups is 1. The average Bonchev–Trinajstić information content (AvgIpc) is 3.05. The fourth-order valence-electron chi connectivity index (χ4n) is 2.08. The Bertz CT molecular complexity index is 781. The summed E-state index contributed by atoms with van der Waals surface area (Å²) >= 11 is 5.11. The van der Waals surface area contributed by atoms with Crippen molar-refractivity contribution in [2.24, 2.45) is 5.10 Å². The van der Waals surface area contributed by atoms with Crippen molar-refractivity contribution in [1.82, 2.24) is 5.43 Å². The van der Waals surface area contributed by atoms with Crippen LogP contribution in [0.4, 0.5) is 10.1 Å². The van der Waals surface area contributed by atoms with Gasteiger partial charge in [0.25, 0.3) is 0 Å². The fraction of sp³-hybridized carbons (Fsp3) is 0.125. The first-order valence-electron chi connectivity index (χ1n) is 6.99. The number of hydrogen-bond donors (Lipinski definition) is 2. The summed E-state index contributed by atoms with van der Waals surface area (Å²) in [5.41, 5.74) is 4.10. The van der Waals surface area contributed by atoms with Crippen LogP contribution in [0.2, 0.25) is 0 Å². The second-order valence-electron chi connectivity index (χ2n) is 4.79. The van der Waals surface area contributed by atoms with E-state index in [9.17, 15) is 4.39 Å². The molecule has 2 aromatic rings. The quantitative estimate of drug-likeness (QED) is 0.504. The highest BCUT2D eigenvalue weighted by atomic mass is 32.1. The molecule has 8 heteroatoms. The predicted molar refractivity (Wildman–Crippen MR) is 92.5 cm³/mol. The Hall–Kier alpha value is -2.87. The highest BCUT2D eigenvalue weighted by molar-refractivity contribution is 7.80. The molecule has 1 aliphatic heterocycles. The lowest BCUT2D eigenvalue weighted by Crippen LogP contribution is -2.23. The van der Waals surface area contributed by atoms with Gasteiger partial charge in [0.1, 0.15) is 5.82 Å². The molecule has 0 aliphatic carbocycles. The third-order valence-corrected chi connectivity index (χ3v) is 3.36. The SMILES string of the molecule is COc1cc(/C=N\NC(=S)Nc2ccc(F)cc2)cc2c1OCO2. The van der Waals surface area contributed by atoms with Crippen LogP contribution in [0.5, 0.6) is 17.2 Å². The van der Waals surface area contributed by atoms with E-state index < -0.39 is 0 Å². The molecular formula is C16H14FN3O3S. The first-order chi connectivity index (χ1) is 11.7. The molecule has 2 aromatic carbocycles. The molecule has 6 nitrogen and oxygen atoms in total. The number of ether oxygens (including phenoxy) is 3. The third kappa shape index (κ3) is 3.72. The summed E-state index contributed by atoms with van der Waals surface area (Å²) in [5.74, 6) is 1.44. The Morgan fingerprint density at radius 1 is 1.29 bits per heavy atom. The number of fused-ring (bicyclic) bond motifs is 1. The summed E-state index contributed by atoms with van der Waals surface area (Å²) in [6.07, 6.45) is 1.57. The largest absolute Gasteiger partial charge is 0.493 e. The van der Waals surface area contributed by atoms with Gasteiger partial charge in [0.2, 0.25) is 12.5 Å². The van der Waals surface area contributed by atoms with E-state index in [0.29, 0.717) is 22.9 Å². The molecule has 0 saturated heterocycles. The molecule has 124 valence electrons. The van der Waals surface area contributed by atoms with Crippen LogP contribution in [0.15, 0.2) is 41.5 Å². The normalized spacial score (nSPS) is 12.2. The van der Waals surface area contributed by atoms with Crippen LogP contribution in [0.25, 0.3) is 0 Å². The molecule has 0 saturated carbocycles. The number of halogens is 1. The van der Waals surface area contributed by atoms with Gasteiger partial charge in [-0.25, -0.2) is 4.39 Å². The van der Waals surface area contributed by atoms with Crippen molar-refractivity contribution in [3.8, 4) is 17.2 Å². The van der Waals surface area contributed by atoms with Gasteiger partial charge in [0.05, 0.1) is 13.3 Å². The minimum absolute atomic E-state index is 0.163. The lowest BCUT2D eigenvalue weighted by molar-refractivity contribution is 0.171. The summed E-state index contributed by atoms with van der Waals surface area (Å²) < 4.78 is 28.8. The van der Waals surface area contributed by atoms with E-state index >= 15 is 0 Å². The molecular weight excluding hydrogens is 333 g/mol. The van der Waals surface area contributed by atoms with Crippen molar-refractivity contribution in [1.29, 1.82) is 0 Å². The molecule has 1 heterocycles. The highest BCUT2D eigenvalue weighted by Crippen LogP contribution is 2.41. The molecule has 0 atom stereocenters. The maximum absolute atomic E-state index is 12.8. The van der Waals surface area contributed by atoms with Crippen molar-refractivity contribution < 1.29 is 18.6 Å². The number of benzene rings is 2. The zero-order valence-corrected chi connectivity index (χ0v) is 13.5. The number of methoxy groups -OCH3 is 1. The smallest absolute Gasteiger partial charge is 0.231 e. The molecule has 0 spiro atoms. The fourth-order valence-corrected chi connectivity index (χ4v) is 2.25. The third-order valence-electron chi connectivity index (χ3n) is 3.16. The second-order valence-corrected chi connectivity index (χ2v) is 5.20. The standard InChI is InChI=1S/C16H14FN3O3S/c1-21-13-6-10(7-14-15(13)23-9-22-14)8-18-20-16(24)19-12-4-2-11(17)3-5-12/h2-8H,9H2,1H3,(H2,19,20,24)/b18-8-. The van der Waals surface area contributed by atoms with Gasteiger partial charge in [-0.2, -0.15) is 5.10 Å². The number of hydrogen-bond acceptors (Lipinski definition) is 5. The Kier molecular flexibility index (Phi) is 4.76. The van der Waals surface area contributed by atoms with Gasteiger partial charge in [0.15, 0.2) is 16.6 Å². The maximum Gasteiger partial charge on any atom is 0.231 e. The minimum Gasteiger partial charge on any atom is -0.493 e. The van der Waals surface area contributed by atoms with Gasteiger partial charge >= 0.3 is 0 Å². The van der Waals surface area contributed by atoms with Gasteiger partial charge in [-0.3, -0.25) is 5.43 Å². The van der Waals surface area contributed by atoms with Gasteiger partial charge < -0.3 is 19.5 Å². The van der Waals surface area contributed by atoms with E-state index in [2.05, 4.69) is 15.8 Å². The topological polar surface area (TPSA) is 64.1 Å². The van der Waals surface area contributed by atoms with Crippen LogP contribution < -0.4 is 25.0 Å². The second kappa shape index (κ2) is 7.14. The van der Waals surface area contributed by atoms with E-state index in [0.717, 1.165) is 5.56 Å². The Morgan fingerprint density at radius 3 is 2.83 bits per heavy atom. The van der Waals surface area contributed by atoms with E-state index in [-0.39, 0.29) is 17.7 Å². The van der Waals surface area contributed by atoms with Crippen molar-refractivity contribution in [2.75, 3.05) is 19.2 Å². The molecule has 3 rings (SSSR count). The molecule has 1 aliphatic rings. The number of thiocarbonyl (C=S) groups is 1. The van der Waals surface area contributed by atoms with Crippen LogP contribution in [-0.4, -0.2) is 25.2 Å². The van der Waals surface area contributed by atoms with Gasteiger partial charge in [-0.1, -0.05) is 0 Å². The summed E-state index contributed by atoms with van der Waals surface area (Å²) in [6.45, 7) is 0.163. The molecule has 0 bridgehead atoms. The Morgan fingerprint density at radius 2 is 2.08 bits per heavy atom. The molecule has 2 N–H and O–H groups in total. The molecule has 0 radical (unpaired) electrons. The van der Waals surface area contributed by atoms with Crippen molar-refractivity contribution >= 4 is 29.2 Å². The highest BCUT2D eigenvalue weighted by Gasteiger charge is 2.19. The van der Waals surface area contributed by atoms with Crippen LogP contribution in [-0.2, 0) is 0 Å². The molecule has 24 heavy (non-hydrogen) atoms. The van der Waals surface area contributed by atoms with Crippen LogP contribution in [0.3, 0.4) is 0 Å². The Balaban J connectivity index is 1.62. The number of anilines is 1. The summed E-state index contributed by atoms with van der Waals surface area (Å²) in [5, 5.41) is 7.22. The number of nitrogens with one attached hydrogen (secondary N) is 2. The summed E-state index contributed by atoms with van der Waals surface area (Å²) in [4.78, 5) is 0. The van der Waals surface area contributed by atoms with E-state index in [4.69, 9.17) is 26.4 Å².